The topological polar surface area (TPSA) is 49.4 Å². The third-order valence-corrected chi connectivity index (χ3v) is 4.27. The number of rotatable bonds is 7. The van der Waals surface area contributed by atoms with E-state index in [0.717, 1.165) is 11.0 Å². The summed E-state index contributed by atoms with van der Waals surface area (Å²) in [6.07, 6.45) is 1.18. The van der Waals surface area contributed by atoms with Crippen LogP contribution in [0, 0.1) is 0 Å². The lowest BCUT2D eigenvalue weighted by Gasteiger charge is -2.28. The van der Waals surface area contributed by atoms with Gasteiger partial charge in [-0.25, -0.2) is 13.1 Å². The van der Waals surface area contributed by atoms with Gasteiger partial charge in [-0.2, -0.15) is 0 Å². The van der Waals surface area contributed by atoms with Crippen LogP contribution < -0.4 is 4.72 Å². The van der Waals surface area contributed by atoms with Crippen LogP contribution in [0.25, 0.3) is 0 Å². The zero-order chi connectivity index (χ0) is 14.5. The lowest BCUT2D eigenvalue weighted by atomic mass is 10.1. The Hall–Kier alpha value is -0.430. The monoisotopic (exact) mass is 348 g/mol. The molecule has 1 rings (SSSR count). The van der Waals surface area contributed by atoms with Crippen molar-refractivity contribution in [1.29, 1.82) is 0 Å². The quantitative estimate of drug-likeness (QED) is 0.822. The van der Waals surface area contributed by atoms with E-state index in [1.54, 1.807) is 0 Å². The molecule has 1 aromatic carbocycles. The largest absolute Gasteiger partial charge is 0.296 e. The number of sulfonamides is 1. The highest BCUT2D eigenvalue weighted by Crippen LogP contribution is 2.22. The zero-order valence-corrected chi connectivity index (χ0v) is 14.0. The number of hydrogen-bond acceptors (Lipinski definition) is 3. The standard InChI is InChI=1S/C13H21BrN2O2S/c1-4-16(9-8-15-19(3,17)18)11(2)12-6-5-7-13(14)10-12/h5-7,10-11,15H,4,8-9H2,1-3H3. The van der Waals surface area contributed by atoms with Gasteiger partial charge in [0.05, 0.1) is 6.26 Å². The fourth-order valence-electron chi connectivity index (χ4n) is 1.98. The molecular formula is C13H21BrN2O2S. The zero-order valence-electron chi connectivity index (χ0n) is 11.6. The summed E-state index contributed by atoms with van der Waals surface area (Å²) in [5.74, 6) is 0. The number of nitrogens with one attached hydrogen (secondary N) is 1. The first-order valence-electron chi connectivity index (χ1n) is 6.27. The van der Waals surface area contributed by atoms with E-state index in [9.17, 15) is 8.42 Å². The number of nitrogens with zero attached hydrogens (tertiary/aromatic N) is 1. The van der Waals surface area contributed by atoms with Crippen LogP contribution in [0.15, 0.2) is 28.7 Å². The Morgan fingerprint density at radius 2 is 2.11 bits per heavy atom. The maximum absolute atomic E-state index is 11.0. The van der Waals surface area contributed by atoms with Crippen LogP contribution >= 0.6 is 15.9 Å². The third-order valence-electron chi connectivity index (χ3n) is 3.05. The highest BCUT2D eigenvalue weighted by Gasteiger charge is 2.14. The molecule has 4 nitrogen and oxygen atoms in total. The van der Waals surface area contributed by atoms with Crippen molar-refractivity contribution in [3.8, 4) is 0 Å². The minimum Gasteiger partial charge on any atom is -0.296 e. The van der Waals surface area contributed by atoms with Gasteiger partial charge in [0, 0.05) is 23.6 Å². The van der Waals surface area contributed by atoms with Gasteiger partial charge in [0.15, 0.2) is 0 Å². The van der Waals surface area contributed by atoms with E-state index in [2.05, 4.69) is 51.5 Å². The number of hydrogen-bond donors (Lipinski definition) is 1. The number of likely N-dealkylation sites (N-methyl/N-ethyl adjacent to an activating group) is 1. The predicted molar refractivity (Wildman–Crippen MR) is 82.7 cm³/mol. The molecule has 1 N–H and O–H groups in total. The SMILES string of the molecule is CCN(CCNS(C)(=O)=O)C(C)c1cccc(Br)c1. The smallest absolute Gasteiger partial charge is 0.208 e. The lowest BCUT2D eigenvalue weighted by Crippen LogP contribution is -2.35. The number of halogens is 1. The van der Waals surface area contributed by atoms with Gasteiger partial charge in [-0.15, -0.1) is 0 Å². The van der Waals surface area contributed by atoms with E-state index in [1.165, 1.54) is 11.8 Å². The summed E-state index contributed by atoms with van der Waals surface area (Å²) in [6, 6.07) is 8.44. The average molecular weight is 349 g/mol. The van der Waals surface area contributed by atoms with E-state index in [4.69, 9.17) is 0 Å². The van der Waals surface area contributed by atoms with Crippen molar-refractivity contribution in [2.75, 3.05) is 25.9 Å². The van der Waals surface area contributed by atoms with Crippen LogP contribution in [0.5, 0.6) is 0 Å². The summed E-state index contributed by atoms with van der Waals surface area (Å²) in [4.78, 5) is 2.24. The van der Waals surface area contributed by atoms with Gasteiger partial charge in [0.25, 0.3) is 0 Å². The Balaban J connectivity index is 2.64. The predicted octanol–water partition coefficient (Wildman–Crippen LogP) is 2.38. The maximum Gasteiger partial charge on any atom is 0.208 e. The molecule has 0 amide bonds. The Labute approximate surface area is 124 Å². The molecule has 0 aliphatic heterocycles. The molecule has 0 aromatic heterocycles. The molecule has 1 aromatic rings. The summed E-state index contributed by atoms with van der Waals surface area (Å²) in [5.41, 5.74) is 1.22. The van der Waals surface area contributed by atoms with Crippen molar-refractivity contribution in [3.63, 3.8) is 0 Å². The average Bonchev–Trinajstić information content (AvgIpc) is 2.32. The summed E-state index contributed by atoms with van der Waals surface area (Å²) in [7, 11) is -3.11. The summed E-state index contributed by atoms with van der Waals surface area (Å²) < 4.78 is 25.7. The van der Waals surface area contributed by atoms with Gasteiger partial charge in [-0.1, -0.05) is 35.0 Å². The van der Waals surface area contributed by atoms with Crippen molar-refractivity contribution in [3.05, 3.63) is 34.3 Å². The first kappa shape index (κ1) is 16.6. The van der Waals surface area contributed by atoms with Crippen LogP contribution in [-0.4, -0.2) is 39.2 Å². The Morgan fingerprint density at radius 3 is 2.63 bits per heavy atom. The second kappa shape index (κ2) is 7.38. The molecule has 0 heterocycles. The molecule has 0 aliphatic carbocycles. The summed E-state index contributed by atoms with van der Waals surface area (Å²) in [5, 5.41) is 0. The Bertz CT molecular complexity index is 505. The molecule has 0 spiro atoms. The van der Waals surface area contributed by atoms with Crippen LogP contribution in [-0.2, 0) is 10.0 Å². The minimum absolute atomic E-state index is 0.254. The normalized spacial score (nSPS) is 13.7. The summed E-state index contributed by atoms with van der Waals surface area (Å²) >= 11 is 3.47. The molecule has 0 aliphatic rings. The van der Waals surface area contributed by atoms with Crippen LogP contribution in [0.4, 0.5) is 0 Å². The molecule has 0 bridgehead atoms. The molecule has 0 radical (unpaired) electrons. The van der Waals surface area contributed by atoms with Gasteiger partial charge in [0.2, 0.25) is 10.0 Å². The minimum atomic E-state index is -3.11. The van der Waals surface area contributed by atoms with E-state index >= 15 is 0 Å². The molecule has 1 unspecified atom stereocenters. The van der Waals surface area contributed by atoms with Crippen molar-refractivity contribution in [2.24, 2.45) is 0 Å². The molecule has 108 valence electrons. The van der Waals surface area contributed by atoms with Crippen LogP contribution in [0.1, 0.15) is 25.5 Å². The fraction of sp³-hybridized carbons (Fsp3) is 0.538. The highest BCUT2D eigenvalue weighted by atomic mass is 79.9. The number of benzene rings is 1. The summed E-state index contributed by atoms with van der Waals surface area (Å²) in [6.45, 7) is 6.21. The molecular weight excluding hydrogens is 328 g/mol. The first-order valence-corrected chi connectivity index (χ1v) is 8.96. The highest BCUT2D eigenvalue weighted by molar-refractivity contribution is 9.10. The van der Waals surface area contributed by atoms with E-state index in [0.29, 0.717) is 13.1 Å². The van der Waals surface area contributed by atoms with Crippen molar-refractivity contribution in [1.82, 2.24) is 9.62 Å². The molecule has 0 saturated carbocycles. The lowest BCUT2D eigenvalue weighted by molar-refractivity contribution is 0.226. The molecule has 6 heteroatoms. The molecule has 0 fully saturated rings. The van der Waals surface area contributed by atoms with Gasteiger partial charge in [0.1, 0.15) is 0 Å². The first-order chi connectivity index (χ1) is 8.83. The Morgan fingerprint density at radius 1 is 1.42 bits per heavy atom. The van der Waals surface area contributed by atoms with Crippen molar-refractivity contribution < 1.29 is 8.42 Å². The Kier molecular flexibility index (Phi) is 6.46. The van der Waals surface area contributed by atoms with E-state index in [-0.39, 0.29) is 6.04 Å². The molecule has 19 heavy (non-hydrogen) atoms. The molecule has 0 saturated heterocycles. The van der Waals surface area contributed by atoms with Gasteiger partial charge >= 0.3 is 0 Å². The fourth-order valence-corrected chi connectivity index (χ4v) is 2.86. The van der Waals surface area contributed by atoms with Gasteiger partial charge in [-0.3, -0.25) is 4.90 Å². The van der Waals surface area contributed by atoms with Crippen LogP contribution in [0.2, 0.25) is 0 Å². The maximum atomic E-state index is 11.0. The van der Waals surface area contributed by atoms with Crippen molar-refractivity contribution >= 4 is 26.0 Å². The van der Waals surface area contributed by atoms with Crippen LogP contribution in [0.3, 0.4) is 0 Å². The second-order valence-electron chi connectivity index (χ2n) is 4.53. The third kappa shape index (κ3) is 6.03. The second-order valence-corrected chi connectivity index (χ2v) is 7.27. The molecule has 1 atom stereocenters. The van der Waals surface area contributed by atoms with Crippen molar-refractivity contribution in [2.45, 2.75) is 19.9 Å². The van der Waals surface area contributed by atoms with Gasteiger partial charge in [-0.05, 0) is 31.2 Å². The van der Waals surface area contributed by atoms with Gasteiger partial charge < -0.3 is 0 Å². The van der Waals surface area contributed by atoms with E-state index in [1.807, 2.05) is 12.1 Å². The van der Waals surface area contributed by atoms with E-state index < -0.39 is 10.0 Å².